The smallest absolute Gasteiger partial charge is 0.341 e. The van der Waals surface area contributed by atoms with Crippen molar-refractivity contribution < 1.29 is 24.2 Å². The van der Waals surface area contributed by atoms with Gasteiger partial charge >= 0.3 is 5.97 Å². The first-order chi connectivity index (χ1) is 14.8. The molecule has 3 rings (SSSR count). The van der Waals surface area contributed by atoms with Gasteiger partial charge in [-0.05, 0) is 31.0 Å². The van der Waals surface area contributed by atoms with Gasteiger partial charge < -0.3 is 15.0 Å². The highest BCUT2D eigenvalue weighted by atomic mass is 35.5. The summed E-state index contributed by atoms with van der Waals surface area (Å²) in [5.41, 5.74) is -0.351. The first-order valence-corrected chi connectivity index (χ1v) is 9.58. The van der Waals surface area contributed by atoms with E-state index in [2.05, 4.69) is 5.32 Å². The average molecular weight is 449 g/mol. The third kappa shape index (κ3) is 5.25. The number of ether oxygens (including phenoxy) is 1. The van der Waals surface area contributed by atoms with Crippen LogP contribution < -0.4 is 10.2 Å². The summed E-state index contributed by atoms with van der Waals surface area (Å²) < 4.78 is 5.02. The number of nitro benzene ring substituents is 2. The van der Waals surface area contributed by atoms with Gasteiger partial charge in [0, 0.05) is 36.3 Å². The normalized spacial score (nSPS) is 13.0. The minimum atomic E-state index is -0.915. The zero-order chi connectivity index (χ0) is 22.5. The van der Waals surface area contributed by atoms with Gasteiger partial charge in [0.2, 0.25) is 0 Å². The predicted octanol–water partition coefficient (Wildman–Crippen LogP) is 3.55. The van der Waals surface area contributed by atoms with Crippen LogP contribution in [0.5, 0.6) is 0 Å². The second-order valence-electron chi connectivity index (χ2n) is 6.70. The van der Waals surface area contributed by atoms with Crippen LogP contribution in [-0.4, -0.2) is 41.4 Å². The lowest BCUT2D eigenvalue weighted by Crippen LogP contribution is -2.24. The van der Waals surface area contributed by atoms with Gasteiger partial charge in [0.1, 0.15) is 5.69 Å². The minimum absolute atomic E-state index is 0.0300. The zero-order valence-electron chi connectivity index (χ0n) is 16.1. The van der Waals surface area contributed by atoms with Gasteiger partial charge in [0.15, 0.2) is 6.61 Å². The molecule has 31 heavy (non-hydrogen) atoms. The van der Waals surface area contributed by atoms with Crippen molar-refractivity contribution in [2.75, 3.05) is 29.9 Å². The van der Waals surface area contributed by atoms with E-state index in [4.69, 9.17) is 16.3 Å². The highest BCUT2D eigenvalue weighted by molar-refractivity contribution is 6.31. The van der Waals surface area contributed by atoms with Crippen LogP contribution in [0.2, 0.25) is 5.02 Å². The van der Waals surface area contributed by atoms with Crippen LogP contribution in [0.3, 0.4) is 0 Å². The molecule has 2 aromatic carbocycles. The van der Waals surface area contributed by atoms with E-state index in [9.17, 15) is 29.8 Å². The van der Waals surface area contributed by atoms with Crippen molar-refractivity contribution in [1.29, 1.82) is 0 Å². The number of carbonyl (C=O) groups is 2. The monoisotopic (exact) mass is 448 g/mol. The van der Waals surface area contributed by atoms with Crippen LogP contribution >= 0.6 is 11.6 Å². The number of halogens is 1. The van der Waals surface area contributed by atoms with E-state index in [0.717, 1.165) is 25.0 Å². The molecule has 162 valence electrons. The molecule has 0 saturated carbocycles. The minimum Gasteiger partial charge on any atom is -0.452 e. The Morgan fingerprint density at radius 3 is 2.42 bits per heavy atom. The van der Waals surface area contributed by atoms with E-state index in [1.807, 2.05) is 4.90 Å². The van der Waals surface area contributed by atoms with Crippen molar-refractivity contribution in [3.63, 3.8) is 0 Å². The molecule has 1 fully saturated rings. The number of benzene rings is 2. The number of hydrogen-bond acceptors (Lipinski definition) is 8. The Morgan fingerprint density at radius 2 is 1.77 bits per heavy atom. The fraction of sp³-hybridized carbons (Fsp3) is 0.263. The molecule has 1 saturated heterocycles. The van der Waals surface area contributed by atoms with E-state index in [0.29, 0.717) is 18.8 Å². The van der Waals surface area contributed by atoms with Crippen molar-refractivity contribution in [2.45, 2.75) is 12.8 Å². The van der Waals surface area contributed by atoms with Crippen molar-refractivity contribution in [1.82, 2.24) is 0 Å². The fourth-order valence-electron chi connectivity index (χ4n) is 3.20. The average Bonchev–Trinajstić information content (AvgIpc) is 3.26. The topological polar surface area (TPSA) is 145 Å². The number of carbonyl (C=O) groups excluding carboxylic acids is 2. The maximum absolute atomic E-state index is 12.6. The van der Waals surface area contributed by atoms with Crippen molar-refractivity contribution >= 4 is 46.2 Å². The van der Waals surface area contributed by atoms with Gasteiger partial charge in [-0.15, -0.1) is 0 Å². The SMILES string of the molecule is O=C(COC(=O)c1cc([N+](=O)[O-])ccc1N1CCCC1)Nc1cc(Cl)ccc1[N+](=O)[O-]. The summed E-state index contributed by atoms with van der Waals surface area (Å²) in [7, 11) is 0. The quantitative estimate of drug-likeness (QED) is 0.384. The molecule has 1 N–H and O–H groups in total. The zero-order valence-corrected chi connectivity index (χ0v) is 16.8. The lowest BCUT2D eigenvalue weighted by atomic mass is 10.1. The number of esters is 1. The Labute approximate surface area is 180 Å². The standard InChI is InChI=1S/C19H17ClN4O7/c20-12-3-5-17(24(29)30)15(9-12)21-18(25)11-31-19(26)14-10-13(23(27)28)4-6-16(14)22-7-1-2-8-22/h3-6,9-10H,1-2,7-8,11H2,(H,21,25). The lowest BCUT2D eigenvalue weighted by Gasteiger charge is -2.20. The fourth-order valence-corrected chi connectivity index (χ4v) is 3.37. The van der Waals surface area contributed by atoms with Gasteiger partial charge in [0.25, 0.3) is 17.3 Å². The van der Waals surface area contributed by atoms with Crippen molar-refractivity contribution in [3.8, 4) is 0 Å². The molecule has 0 unspecified atom stereocenters. The highest BCUT2D eigenvalue weighted by Crippen LogP contribution is 2.30. The molecule has 1 heterocycles. The highest BCUT2D eigenvalue weighted by Gasteiger charge is 2.24. The first kappa shape index (κ1) is 22.0. The molecule has 0 spiro atoms. The molecule has 12 heteroatoms. The van der Waals surface area contributed by atoms with E-state index < -0.39 is 28.3 Å². The van der Waals surface area contributed by atoms with Crippen LogP contribution in [0, 0.1) is 20.2 Å². The molecular weight excluding hydrogens is 432 g/mol. The molecular formula is C19H17ClN4O7. The largest absolute Gasteiger partial charge is 0.452 e. The van der Waals surface area contributed by atoms with Crippen LogP contribution in [0.25, 0.3) is 0 Å². The molecule has 0 aromatic heterocycles. The Kier molecular flexibility index (Phi) is 6.65. The molecule has 0 atom stereocenters. The summed E-state index contributed by atoms with van der Waals surface area (Å²) in [6, 6.07) is 7.53. The van der Waals surface area contributed by atoms with Crippen LogP contribution in [0.1, 0.15) is 23.2 Å². The number of rotatable bonds is 7. The maximum Gasteiger partial charge on any atom is 0.341 e. The first-order valence-electron chi connectivity index (χ1n) is 9.20. The third-order valence-electron chi connectivity index (χ3n) is 4.62. The number of hydrogen-bond donors (Lipinski definition) is 1. The number of nitro groups is 2. The van der Waals surface area contributed by atoms with E-state index in [1.165, 1.54) is 24.3 Å². The summed E-state index contributed by atoms with van der Waals surface area (Å²) in [5.74, 6) is -1.74. The van der Waals surface area contributed by atoms with Gasteiger partial charge in [0.05, 0.1) is 21.1 Å². The van der Waals surface area contributed by atoms with Gasteiger partial charge in [-0.2, -0.15) is 0 Å². The second-order valence-corrected chi connectivity index (χ2v) is 7.13. The summed E-state index contributed by atoms with van der Waals surface area (Å²) >= 11 is 5.81. The van der Waals surface area contributed by atoms with Gasteiger partial charge in [-0.25, -0.2) is 4.79 Å². The van der Waals surface area contributed by atoms with Crippen molar-refractivity contribution in [3.05, 3.63) is 67.2 Å². The molecule has 1 amide bonds. The lowest BCUT2D eigenvalue weighted by molar-refractivity contribution is -0.384. The predicted molar refractivity (Wildman–Crippen MR) is 112 cm³/mol. The van der Waals surface area contributed by atoms with Gasteiger partial charge in [-0.1, -0.05) is 11.6 Å². The number of nitrogens with one attached hydrogen (secondary N) is 1. The Balaban J connectivity index is 1.74. The van der Waals surface area contributed by atoms with Crippen molar-refractivity contribution in [2.24, 2.45) is 0 Å². The Hall–Kier alpha value is -3.73. The molecule has 0 radical (unpaired) electrons. The molecule has 2 aromatic rings. The molecule has 1 aliphatic rings. The summed E-state index contributed by atoms with van der Waals surface area (Å²) in [6.45, 7) is 0.638. The molecule has 0 bridgehead atoms. The van der Waals surface area contributed by atoms with Crippen LogP contribution in [0.15, 0.2) is 36.4 Å². The maximum atomic E-state index is 12.6. The summed E-state index contributed by atoms with van der Waals surface area (Å²) in [4.78, 5) is 47.6. The molecule has 1 aliphatic heterocycles. The number of nitrogens with zero attached hydrogens (tertiary/aromatic N) is 3. The third-order valence-corrected chi connectivity index (χ3v) is 4.86. The summed E-state index contributed by atoms with van der Waals surface area (Å²) in [6.07, 6.45) is 1.85. The van der Waals surface area contributed by atoms with E-state index >= 15 is 0 Å². The second kappa shape index (κ2) is 9.39. The van der Waals surface area contributed by atoms with E-state index in [1.54, 1.807) is 0 Å². The molecule has 11 nitrogen and oxygen atoms in total. The van der Waals surface area contributed by atoms with Gasteiger partial charge in [-0.3, -0.25) is 25.0 Å². The van der Waals surface area contributed by atoms with E-state index in [-0.39, 0.29) is 27.6 Å². The Bertz CT molecular complexity index is 1050. The molecule has 0 aliphatic carbocycles. The number of non-ortho nitro benzene ring substituents is 1. The summed E-state index contributed by atoms with van der Waals surface area (Å²) in [5, 5.41) is 24.6. The Morgan fingerprint density at radius 1 is 1.06 bits per heavy atom. The van der Waals surface area contributed by atoms with Crippen LogP contribution in [0.4, 0.5) is 22.7 Å². The number of amides is 1. The number of anilines is 2. The van der Waals surface area contributed by atoms with Crippen LogP contribution in [-0.2, 0) is 9.53 Å².